The zero-order chi connectivity index (χ0) is 40.6. The standard InChI is InChI=1S/C34H51N9O12/c1-3-42-19-6-5-17(11-20(19)43(4-2)25(42)12-38-34(55)26-31(35)40-32-18(39-26)7-8-36-32)33(54)37-9-10-41(13-21(46)27(50)29(52)23(48)15-44)14-22(47)28(51)30(53)24(49)16-45/h5-8,11,21-24,27-30,44-53H,3-4,9-10,12-16H2,1-2H3,(H4-,35,36,37,38,39,40,54,55)/p+1/t21-,22-,23+,24+,27+,28+,29+,30+/m0/s1. The first kappa shape index (κ1) is 43.3. The van der Waals surface area contributed by atoms with Crippen LogP contribution in [0.5, 0.6) is 0 Å². The number of nitrogens with one attached hydrogen (secondary N) is 3. The van der Waals surface area contributed by atoms with Crippen LogP contribution >= 0.6 is 0 Å². The Bertz CT molecular complexity index is 1860. The van der Waals surface area contributed by atoms with E-state index in [2.05, 4.69) is 25.6 Å². The molecule has 1 aromatic carbocycles. The van der Waals surface area contributed by atoms with Gasteiger partial charge in [0.2, 0.25) is 0 Å². The fourth-order valence-corrected chi connectivity index (χ4v) is 6.28. The van der Waals surface area contributed by atoms with Crippen molar-refractivity contribution in [1.82, 2.24) is 35.1 Å². The summed E-state index contributed by atoms with van der Waals surface area (Å²) in [6, 6.07) is 6.76. The number of aryl methyl sites for hydroxylation is 2. The number of hydrogen-bond acceptors (Lipinski definition) is 16. The summed E-state index contributed by atoms with van der Waals surface area (Å²) < 4.78 is 3.95. The number of anilines is 1. The van der Waals surface area contributed by atoms with Crippen molar-refractivity contribution in [2.45, 2.75) is 82.3 Å². The van der Waals surface area contributed by atoms with Gasteiger partial charge in [0.15, 0.2) is 28.2 Å². The number of imidazole rings is 1. The lowest BCUT2D eigenvalue weighted by Crippen LogP contribution is -2.54. The maximum absolute atomic E-state index is 13.4. The molecular formula is C34H52N9O12+. The number of aromatic nitrogens is 5. The SMILES string of the molecule is CCn1c(CNC(=O)c2nc3cc[nH]c3nc2N)[n+](CC)c2ccc(C(=O)NCCN(C[C@H](O)[C@@H](O)[C@H](O)[C@H](O)CO)C[C@H](O)[C@@H](O)[C@H](O)[C@H](O)CO)cc21. The van der Waals surface area contributed by atoms with Crippen LogP contribution in [0.15, 0.2) is 30.5 Å². The average Bonchev–Trinajstić information content (AvgIpc) is 3.77. The average molecular weight is 779 g/mol. The summed E-state index contributed by atoms with van der Waals surface area (Å²) in [4.78, 5) is 39.2. The van der Waals surface area contributed by atoms with Gasteiger partial charge in [0.05, 0.1) is 38.5 Å². The highest BCUT2D eigenvalue weighted by molar-refractivity contribution is 5.98. The topological polar surface area (TPSA) is 340 Å². The van der Waals surface area contributed by atoms with E-state index in [1.54, 1.807) is 30.5 Å². The Morgan fingerprint density at radius 1 is 0.855 bits per heavy atom. The molecule has 0 radical (unpaired) electrons. The summed E-state index contributed by atoms with van der Waals surface area (Å²) in [5.41, 5.74) is 8.72. The number of carbonyl (C=O) groups is 2. The van der Waals surface area contributed by atoms with Gasteiger partial charge in [0, 0.05) is 44.0 Å². The molecule has 0 aliphatic heterocycles. The highest BCUT2D eigenvalue weighted by Crippen LogP contribution is 2.19. The normalized spacial score (nSPS) is 16.5. The van der Waals surface area contributed by atoms with Crippen molar-refractivity contribution in [3.05, 3.63) is 47.5 Å². The number of hydrogen-bond donors (Lipinski definition) is 14. The molecule has 15 N–H and O–H groups in total. The van der Waals surface area contributed by atoms with Crippen LogP contribution in [0.25, 0.3) is 22.2 Å². The number of H-pyrrole nitrogens is 1. The fourth-order valence-electron chi connectivity index (χ4n) is 6.28. The van der Waals surface area contributed by atoms with Crippen LogP contribution < -0.4 is 20.9 Å². The summed E-state index contributed by atoms with van der Waals surface area (Å²) in [6.07, 6.45) is -13.2. The molecule has 21 heteroatoms. The minimum Gasteiger partial charge on any atom is -0.394 e. The van der Waals surface area contributed by atoms with Crippen LogP contribution in [0.1, 0.15) is 40.5 Å². The van der Waals surface area contributed by atoms with Gasteiger partial charge in [-0.15, -0.1) is 0 Å². The van der Waals surface area contributed by atoms with Crippen LogP contribution in [-0.2, 0) is 19.6 Å². The zero-order valence-electron chi connectivity index (χ0n) is 30.5. The maximum atomic E-state index is 13.4. The molecule has 0 saturated carbocycles. The van der Waals surface area contributed by atoms with Crippen LogP contribution in [0.3, 0.4) is 0 Å². The number of nitrogen functional groups attached to an aromatic ring is 1. The summed E-state index contributed by atoms with van der Waals surface area (Å²) in [5.74, 6) is -0.297. The van der Waals surface area contributed by atoms with E-state index >= 15 is 0 Å². The first-order valence-electron chi connectivity index (χ1n) is 17.8. The van der Waals surface area contributed by atoms with Gasteiger partial charge < -0.3 is 72.4 Å². The Hall–Kier alpha value is -4.39. The van der Waals surface area contributed by atoms with Gasteiger partial charge in [-0.25, -0.2) is 19.1 Å². The lowest BCUT2D eigenvalue weighted by molar-refractivity contribution is -0.676. The molecule has 0 spiro atoms. The van der Waals surface area contributed by atoms with Crippen LogP contribution in [0.2, 0.25) is 0 Å². The third-order valence-corrected chi connectivity index (χ3v) is 9.36. The van der Waals surface area contributed by atoms with Crippen LogP contribution in [-0.4, -0.2) is 176 Å². The number of carbonyl (C=O) groups excluding carboxylic acids is 2. The van der Waals surface area contributed by atoms with Crippen molar-refractivity contribution in [2.24, 2.45) is 0 Å². The summed E-state index contributed by atoms with van der Waals surface area (Å²) in [5, 5.41) is 105. The van der Waals surface area contributed by atoms with E-state index in [4.69, 9.17) is 15.9 Å². The Labute approximate surface area is 314 Å². The number of aliphatic hydroxyl groups is 10. The number of nitrogens with two attached hydrogens (primary N) is 1. The molecule has 0 aliphatic rings. The predicted octanol–water partition coefficient (Wildman–Crippen LogP) is -5.34. The Morgan fingerprint density at radius 3 is 2.02 bits per heavy atom. The van der Waals surface area contributed by atoms with Crippen molar-refractivity contribution in [1.29, 1.82) is 0 Å². The van der Waals surface area contributed by atoms with Crippen molar-refractivity contribution < 1.29 is 65.2 Å². The molecule has 8 atom stereocenters. The summed E-state index contributed by atoms with van der Waals surface area (Å²) in [7, 11) is 0. The minimum atomic E-state index is -1.95. The van der Waals surface area contributed by atoms with Gasteiger partial charge in [0.25, 0.3) is 17.6 Å². The number of fused-ring (bicyclic) bond motifs is 2. The van der Waals surface area contributed by atoms with E-state index < -0.39 is 86.9 Å². The first-order chi connectivity index (χ1) is 26.2. The second kappa shape index (κ2) is 19.5. The third-order valence-electron chi connectivity index (χ3n) is 9.36. The van der Waals surface area contributed by atoms with Crippen LogP contribution in [0.4, 0.5) is 5.82 Å². The molecule has 3 aromatic heterocycles. The van der Waals surface area contributed by atoms with E-state index in [0.29, 0.717) is 29.8 Å². The monoisotopic (exact) mass is 778 g/mol. The van der Waals surface area contributed by atoms with E-state index in [1.165, 1.54) is 4.90 Å². The third kappa shape index (κ3) is 10.1. The highest BCUT2D eigenvalue weighted by atomic mass is 16.4. The number of aromatic amines is 1. The quantitative estimate of drug-likeness (QED) is 0.0351. The van der Waals surface area contributed by atoms with Gasteiger partial charge in [0.1, 0.15) is 48.7 Å². The van der Waals surface area contributed by atoms with Gasteiger partial charge in [-0.05, 0) is 32.0 Å². The zero-order valence-corrected chi connectivity index (χ0v) is 30.5. The molecule has 3 heterocycles. The van der Waals surface area contributed by atoms with E-state index in [0.717, 1.165) is 11.3 Å². The number of nitrogens with zero attached hydrogens (tertiary/aromatic N) is 5. The number of benzene rings is 1. The smallest absolute Gasteiger partial charge is 0.277 e. The molecule has 0 fully saturated rings. The molecule has 0 aliphatic carbocycles. The maximum Gasteiger partial charge on any atom is 0.277 e. The predicted molar refractivity (Wildman–Crippen MR) is 194 cm³/mol. The Balaban J connectivity index is 1.48. The molecule has 4 rings (SSSR count). The van der Waals surface area contributed by atoms with Crippen molar-refractivity contribution >= 4 is 39.8 Å². The molecule has 0 unspecified atom stereocenters. The fraction of sp³-hybridized carbons (Fsp3) is 0.559. The van der Waals surface area contributed by atoms with E-state index in [1.807, 2.05) is 23.0 Å². The summed E-state index contributed by atoms with van der Waals surface area (Å²) in [6.45, 7) is 1.99. The summed E-state index contributed by atoms with van der Waals surface area (Å²) >= 11 is 0. The van der Waals surface area contributed by atoms with Crippen molar-refractivity contribution in [3.8, 4) is 0 Å². The molecule has 0 saturated heterocycles. The molecule has 4 aromatic rings. The van der Waals surface area contributed by atoms with Crippen molar-refractivity contribution in [2.75, 3.05) is 45.1 Å². The Morgan fingerprint density at radius 2 is 1.45 bits per heavy atom. The first-order valence-corrected chi connectivity index (χ1v) is 17.8. The molecular weight excluding hydrogens is 726 g/mol. The van der Waals surface area contributed by atoms with Gasteiger partial charge in [-0.3, -0.25) is 14.5 Å². The number of aliphatic hydroxyl groups excluding tert-OH is 10. The second-order valence-corrected chi connectivity index (χ2v) is 13.1. The lowest BCUT2D eigenvalue weighted by Gasteiger charge is -2.33. The van der Waals surface area contributed by atoms with Gasteiger partial charge in [-0.2, -0.15) is 0 Å². The molecule has 0 bridgehead atoms. The van der Waals surface area contributed by atoms with E-state index in [9.17, 15) is 50.4 Å². The highest BCUT2D eigenvalue weighted by Gasteiger charge is 2.34. The molecule has 21 nitrogen and oxygen atoms in total. The minimum absolute atomic E-state index is 0.0145. The molecule has 2 amide bonds. The number of amides is 2. The molecule has 55 heavy (non-hydrogen) atoms. The lowest BCUT2D eigenvalue weighted by atomic mass is 10.0. The molecule has 304 valence electrons. The van der Waals surface area contributed by atoms with Gasteiger partial charge >= 0.3 is 0 Å². The van der Waals surface area contributed by atoms with Gasteiger partial charge in [-0.1, -0.05) is 0 Å². The number of rotatable bonds is 21. The Kier molecular flexibility index (Phi) is 15.3. The largest absolute Gasteiger partial charge is 0.394 e. The van der Waals surface area contributed by atoms with Crippen molar-refractivity contribution in [3.63, 3.8) is 0 Å². The second-order valence-electron chi connectivity index (χ2n) is 13.1. The van der Waals surface area contributed by atoms with E-state index in [-0.39, 0.29) is 36.7 Å². The van der Waals surface area contributed by atoms with Crippen LogP contribution in [0, 0.1) is 0 Å².